The normalized spacial score (nSPS) is 23.0. The van der Waals surface area contributed by atoms with Crippen molar-refractivity contribution in [1.82, 2.24) is 24.8 Å². The lowest BCUT2D eigenvalue weighted by atomic mass is 9.80. The highest BCUT2D eigenvalue weighted by Crippen LogP contribution is 2.35. The number of ether oxygens (including phenoxy) is 1. The molecular formula is C28H37N7O4. The van der Waals surface area contributed by atoms with Crippen molar-refractivity contribution in [2.75, 3.05) is 18.5 Å². The average Bonchev–Trinajstić information content (AvgIpc) is 3.26. The van der Waals surface area contributed by atoms with Crippen LogP contribution in [0.15, 0.2) is 0 Å². The van der Waals surface area contributed by atoms with Crippen LogP contribution in [0.5, 0.6) is 0 Å². The van der Waals surface area contributed by atoms with E-state index in [9.17, 15) is 9.59 Å². The molecule has 2 saturated carbocycles. The van der Waals surface area contributed by atoms with Gasteiger partial charge in [0, 0.05) is 37.6 Å². The van der Waals surface area contributed by atoms with E-state index in [4.69, 9.17) is 26.7 Å². The number of carboxylic acid groups (broad SMARTS) is 1. The topological polar surface area (TPSA) is 155 Å². The number of hydrogen-bond donors (Lipinski definition) is 4. The fourth-order valence-corrected chi connectivity index (χ4v) is 5.96. The van der Waals surface area contributed by atoms with Gasteiger partial charge in [0.25, 0.3) is 0 Å². The molecule has 39 heavy (non-hydrogen) atoms. The van der Waals surface area contributed by atoms with Crippen LogP contribution in [0.3, 0.4) is 0 Å². The van der Waals surface area contributed by atoms with Crippen LogP contribution < -0.4 is 10.6 Å². The minimum Gasteiger partial charge on any atom is -0.465 e. The zero-order valence-corrected chi connectivity index (χ0v) is 22.4. The molecule has 0 radical (unpaired) electrons. The van der Waals surface area contributed by atoms with Crippen LogP contribution in [0.4, 0.5) is 10.6 Å². The number of fused-ring (bicyclic) bond motifs is 1. The summed E-state index contributed by atoms with van der Waals surface area (Å²) in [5.74, 6) is 4.08. The minimum atomic E-state index is -1.37. The number of amidine groups is 1. The quantitative estimate of drug-likeness (QED) is 0.171. The van der Waals surface area contributed by atoms with Crippen molar-refractivity contribution in [3.8, 4) is 12.3 Å². The lowest BCUT2D eigenvalue weighted by molar-refractivity contribution is 0.0534. The number of nitrogens with one attached hydrogen (secondary N) is 3. The van der Waals surface area contributed by atoms with E-state index in [0.29, 0.717) is 67.5 Å². The monoisotopic (exact) mass is 535 g/mol. The number of anilines is 1. The Morgan fingerprint density at radius 3 is 2.46 bits per heavy atom. The van der Waals surface area contributed by atoms with Gasteiger partial charge in [-0.1, -0.05) is 6.42 Å². The molecule has 5 rings (SSSR count). The van der Waals surface area contributed by atoms with Crippen LogP contribution >= 0.6 is 0 Å². The summed E-state index contributed by atoms with van der Waals surface area (Å²) in [6, 6.07) is 0.107. The summed E-state index contributed by atoms with van der Waals surface area (Å²) in [6.07, 6.45) is 12.9. The van der Waals surface area contributed by atoms with Crippen LogP contribution in [0.25, 0.3) is 11.2 Å². The molecule has 1 atom stereocenters. The van der Waals surface area contributed by atoms with Gasteiger partial charge in [-0.05, 0) is 70.1 Å². The predicted octanol–water partition coefficient (Wildman–Crippen LogP) is 4.07. The van der Waals surface area contributed by atoms with Crippen molar-refractivity contribution in [2.24, 2.45) is 23.7 Å². The molecule has 2 aromatic heterocycles. The van der Waals surface area contributed by atoms with E-state index in [-0.39, 0.29) is 29.2 Å². The van der Waals surface area contributed by atoms with Gasteiger partial charge in [0.2, 0.25) is 5.78 Å². The molecule has 4 N–H and O–H groups in total. The van der Waals surface area contributed by atoms with Crippen LogP contribution in [0.2, 0.25) is 0 Å². The van der Waals surface area contributed by atoms with Gasteiger partial charge in [0.15, 0.2) is 28.9 Å². The first-order valence-corrected chi connectivity index (χ1v) is 14.1. The number of carbonyl (C=O) groups is 2. The van der Waals surface area contributed by atoms with E-state index < -0.39 is 11.9 Å². The van der Waals surface area contributed by atoms with Crippen LogP contribution in [-0.4, -0.2) is 61.6 Å². The molecule has 11 nitrogen and oxygen atoms in total. The number of rotatable bonds is 8. The molecule has 2 aromatic rings. The van der Waals surface area contributed by atoms with E-state index in [1.54, 1.807) is 0 Å². The zero-order chi connectivity index (χ0) is 27.5. The Balaban J connectivity index is 1.59. The molecule has 1 aliphatic heterocycles. The number of carbonyl (C=O) groups excluding carboxylic acids is 1. The number of Topliss-reactive ketones (excluding diaryl/α,β-unsaturated/α-hetero) is 1. The van der Waals surface area contributed by atoms with E-state index >= 15 is 0 Å². The summed E-state index contributed by atoms with van der Waals surface area (Å²) in [6.45, 7) is 3.78. The Morgan fingerprint density at radius 1 is 1.13 bits per heavy atom. The predicted molar refractivity (Wildman–Crippen MR) is 146 cm³/mol. The Labute approximate surface area is 228 Å². The van der Waals surface area contributed by atoms with Crippen molar-refractivity contribution in [1.29, 1.82) is 5.41 Å². The van der Waals surface area contributed by atoms with E-state index in [2.05, 4.69) is 28.1 Å². The Morgan fingerprint density at radius 2 is 1.85 bits per heavy atom. The molecule has 0 spiro atoms. The van der Waals surface area contributed by atoms with Crippen LogP contribution in [-0.2, 0) is 11.3 Å². The van der Waals surface area contributed by atoms with E-state index in [0.717, 1.165) is 38.5 Å². The fraction of sp³-hybridized carbons (Fsp3) is 0.643. The number of aromatic nitrogens is 4. The van der Waals surface area contributed by atoms with Gasteiger partial charge in [-0.2, -0.15) is 0 Å². The van der Waals surface area contributed by atoms with Crippen LogP contribution in [0, 0.1) is 41.4 Å². The smallest absolute Gasteiger partial charge is 0.410 e. The molecule has 2 aliphatic carbocycles. The lowest BCUT2D eigenvalue weighted by Crippen LogP contribution is -2.33. The maximum absolute atomic E-state index is 13.8. The van der Waals surface area contributed by atoms with Crippen molar-refractivity contribution in [3.63, 3.8) is 0 Å². The number of terminal acetylenes is 1. The average molecular weight is 536 g/mol. The van der Waals surface area contributed by atoms with Gasteiger partial charge >= 0.3 is 6.09 Å². The molecule has 0 bridgehead atoms. The number of ketones is 1. The van der Waals surface area contributed by atoms with Crippen molar-refractivity contribution < 1.29 is 19.4 Å². The summed E-state index contributed by atoms with van der Waals surface area (Å²) in [5, 5.41) is 22.9. The third-order valence-corrected chi connectivity index (χ3v) is 8.62. The second-order valence-corrected chi connectivity index (χ2v) is 11.2. The third-order valence-electron chi connectivity index (χ3n) is 8.62. The van der Waals surface area contributed by atoms with Gasteiger partial charge in [0.1, 0.15) is 5.52 Å². The summed E-state index contributed by atoms with van der Waals surface area (Å²) in [5.41, 5.74) is 0.912. The Kier molecular flexibility index (Phi) is 8.12. The maximum Gasteiger partial charge on any atom is 0.410 e. The number of hydrogen-bond acceptors (Lipinski definition) is 8. The second kappa shape index (κ2) is 11.7. The standard InChI is InChI=1S/C28H37N7O4/c1-3-17-7-9-18(10-8-17)15-35-21-24(30-16(2)19-5-4-6-19)32-26(23(29)31-28(37)38)33-25(21)34-27(35)22(36)20-11-13-39-14-12-20/h1,16-20H,4-15H2,2H3,(H2,29,31)(H,37,38)(H,30,32,33)/t16-,17?,18?/m1/s1. The zero-order valence-electron chi connectivity index (χ0n) is 22.4. The molecule has 1 saturated heterocycles. The number of nitrogens with zero attached hydrogens (tertiary/aromatic N) is 4. The van der Waals surface area contributed by atoms with E-state index in [1.807, 2.05) is 9.88 Å². The molecule has 0 unspecified atom stereocenters. The second-order valence-electron chi connectivity index (χ2n) is 11.2. The highest BCUT2D eigenvalue weighted by molar-refractivity contribution is 6.04. The Hall–Kier alpha value is -3.52. The molecule has 0 aromatic carbocycles. The number of amides is 1. The molecular weight excluding hydrogens is 498 g/mol. The minimum absolute atomic E-state index is 0.0353. The molecule has 3 fully saturated rings. The summed E-state index contributed by atoms with van der Waals surface area (Å²) >= 11 is 0. The summed E-state index contributed by atoms with van der Waals surface area (Å²) in [7, 11) is 0. The molecule has 208 valence electrons. The number of imidazole rings is 1. The molecule has 11 heteroatoms. The molecule has 1 amide bonds. The lowest BCUT2D eigenvalue weighted by Gasteiger charge is -2.32. The molecule has 3 heterocycles. The SMILES string of the molecule is C#CC1CCC(Cn2c(C(=O)C3CCOCC3)nc3nc(C(=N)NC(=O)O)nc(N[C@H](C)C4CCC4)c32)CC1. The van der Waals surface area contributed by atoms with Gasteiger partial charge in [-0.3, -0.25) is 15.5 Å². The summed E-state index contributed by atoms with van der Waals surface area (Å²) in [4.78, 5) is 38.9. The highest BCUT2D eigenvalue weighted by atomic mass is 16.5. The van der Waals surface area contributed by atoms with Crippen molar-refractivity contribution in [2.45, 2.75) is 77.3 Å². The fourth-order valence-electron chi connectivity index (χ4n) is 5.96. The van der Waals surface area contributed by atoms with Crippen molar-refractivity contribution in [3.05, 3.63) is 11.6 Å². The first-order chi connectivity index (χ1) is 18.8. The first kappa shape index (κ1) is 27.1. The molecule has 3 aliphatic rings. The van der Waals surface area contributed by atoms with Gasteiger partial charge < -0.3 is 19.7 Å². The van der Waals surface area contributed by atoms with E-state index in [1.165, 1.54) is 6.42 Å². The summed E-state index contributed by atoms with van der Waals surface area (Å²) < 4.78 is 7.46. The largest absolute Gasteiger partial charge is 0.465 e. The van der Waals surface area contributed by atoms with Crippen molar-refractivity contribution >= 4 is 34.7 Å². The first-order valence-electron chi connectivity index (χ1n) is 14.1. The van der Waals surface area contributed by atoms with Gasteiger partial charge in [0.05, 0.1) is 0 Å². The maximum atomic E-state index is 13.8. The highest BCUT2D eigenvalue weighted by Gasteiger charge is 2.32. The van der Waals surface area contributed by atoms with Crippen LogP contribution in [0.1, 0.15) is 81.2 Å². The van der Waals surface area contributed by atoms with Gasteiger partial charge in [-0.15, -0.1) is 12.3 Å². The third kappa shape index (κ3) is 5.91. The van der Waals surface area contributed by atoms with Gasteiger partial charge in [-0.25, -0.2) is 19.7 Å². The Bertz CT molecular complexity index is 1280.